The molecular formula is C32H46FNO9. The molecule has 0 aliphatic heterocycles. The zero-order valence-electron chi connectivity index (χ0n) is 25.0. The maximum atomic E-state index is 12.2. The van der Waals surface area contributed by atoms with Crippen LogP contribution in [0.1, 0.15) is 23.5 Å². The van der Waals surface area contributed by atoms with Gasteiger partial charge in [-0.2, -0.15) is 0 Å². The van der Waals surface area contributed by atoms with E-state index in [0.717, 1.165) is 0 Å². The van der Waals surface area contributed by atoms with E-state index >= 15 is 0 Å². The topological polar surface area (TPSA) is 103 Å². The van der Waals surface area contributed by atoms with Crippen LogP contribution in [-0.2, 0) is 37.9 Å². The van der Waals surface area contributed by atoms with Gasteiger partial charge in [-0.05, 0) is 28.7 Å². The number of rotatable bonds is 26. The average Bonchev–Trinajstić information content (AvgIpc) is 3.35. The van der Waals surface area contributed by atoms with Gasteiger partial charge in [-0.25, -0.2) is 9.18 Å². The van der Waals surface area contributed by atoms with Gasteiger partial charge in [0.15, 0.2) is 0 Å². The van der Waals surface area contributed by atoms with Gasteiger partial charge in [0.25, 0.3) is 0 Å². The fourth-order valence-corrected chi connectivity index (χ4v) is 4.49. The second-order valence-corrected chi connectivity index (χ2v) is 9.58. The standard InChI is InChI=1S/C32H46FNO9/c33-10-13-37-15-17-39-19-21-41-23-25-42-24-22-40-20-18-38-16-14-36-12-5-11-34-32(35)43-26-31-29-8-3-1-6-27(29)28-7-2-4-9-30(28)31/h1-4,6-9,31H,5,10-26H2,(H,34,35). The molecule has 0 aromatic heterocycles. The predicted molar refractivity (Wildman–Crippen MR) is 159 cm³/mol. The maximum Gasteiger partial charge on any atom is 0.407 e. The second-order valence-electron chi connectivity index (χ2n) is 9.58. The average molecular weight is 608 g/mol. The lowest BCUT2D eigenvalue weighted by Gasteiger charge is -2.14. The molecule has 0 saturated carbocycles. The van der Waals surface area contributed by atoms with Gasteiger partial charge in [0, 0.05) is 19.1 Å². The largest absolute Gasteiger partial charge is 0.449 e. The van der Waals surface area contributed by atoms with E-state index in [2.05, 4.69) is 29.6 Å². The zero-order chi connectivity index (χ0) is 30.2. The molecule has 2 aromatic carbocycles. The summed E-state index contributed by atoms with van der Waals surface area (Å²) in [6, 6.07) is 16.5. The molecule has 0 atom stereocenters. The van der Waals surface area contributed by atoms with Crippen molar-refractivity contribution in [3.63, 3.8) is 0 Å². The fourth-order valence-electron chi connectivity index (χ4n) is 4.49. The molecule has 1 aliphatic carbocycles. The Labute approximate surface area is 254 Å². The number of halogens is 1. The number of carbonyl (C=O) groups excluding carboxylic acids is 1. The van der Waals surface area contributed by atoms with Crippen molar-refractivity contribution < 1.29 is 47.1 Å². The molecule has 11 heteroatoms. The summed E-state index contributed by atoms with van der Waals surface area (Å²) in [5.41, 5.74) is 4.80. The molecule has 3 rings (SSSR count). The Kier molecular flexibility index (Phi) is 18.5. The third-order valence-electron chi connectivity index (χ3n) is 6.53. The van der Waals surface area contributed by atoms with Crippen molar-refractivity contribution in [3.8, 4) is 11.1 Å². The molecule has 1 amide bonds. The van der Waals surface area contributed by atoms with Crippen LogP contribution in [0.25, 0.3) is 11.1 Å². The van der Waals surface area contributed by atoms with Gasteiger partial charge < -0.3 is 43.2 Å². The molecule has 0 radical (unpaired) electrons. The summed E-state index contributed by atoms with van der Waals surface area (Å²) in [5, 5.41) is 2.79. The number of carbonyl (C=O) groups is 1. The molecule has 1 aliphatic rings. The second kappa shape index (κ2) is 22.8. The summed E-state index contributed by atoms with van der Waals surface area (Å²) in [6.07, 6.45) is 0.268. The highest BCUT2D eigenvalue weighted by Gasteiger charge is 2.28. The lowest BCUT2D eigenvalue weighted by molar-refractivity contribution is -0.0208. The van der Waals surface area contributed by atoms with Crippen molar-refractivity contribution in [2.45, 2.75) is 12.3 Å². The minimum absolute atomic E-state index is 0.0515. The predicted octanol–water partition coefficient (Wildman–Crippen LogP) is 4.00. The first-order valence-electron chi connectivity index (χ1n) is 15.0. The molecule has 0 heterocycles. The van der Waals surface area contributed by atoms with Gasteiger partial charge in [-0.15, -0.1) is 0 Å². The van der Waals surface area contributed by atoms with Crippen LogP contribution in [0, 0.1) is 0 Å². The van der Waals surface area contributed by atoms with E-state index in [1.165, 1.54) is 22.3 Å². The Morgan fingerprint density at radius 1 is 0.581 bits per heavy atom. The Morgan fingerprint density at radius 3 is 1.42 bits per heavy atom. The highest BCUT2D eigenvalue weighted by atomic mass is 19.1. The van der Waals surface area contributed by atoms with Crippen LogP contribution in [0.5, 0.6) is 0 Å². The number of hydrogen-bond donors (Lipinski definition) is 1. The van der Waals surface area contributed by atoms with E-state index in [1.54, 1.807) is 0 Å². The molecule has 0 bridgehead atoms. The number of amides is 1. The Balaban J connectivity index is 1.03. The molecular weight excluding hydrogens is 561 g/mol. The number of fused-ring (bicyclic) bond motifs is 3. The molecule has 0 spiro atoms. The minimum Gasteiger partial charge on any atom is -0.449 e. The van der Waals surface area contributed by atoms with Crippen LogP contribution < -0.4 is 5.32 Å². The Bertz CT molecular complexity index is 967. The van der Waals surface area contributed by atoms with E-state index in [9.17, 15) is 9.18 Å². The van der Waals surface area contributed by atoms with E-state index in [1.807, 2.05) is 24.3 Å². The van der Waals surface area contributed by atoms with Gasteiger partial charge in [0.1, 0.15) is 13.3 Å². The fraction of sp³-hybridized carbons (Fsp3) is 0.594. The smallest absolute Gasteiger partial charge is 0.407 e. The van der Waals surface area contributed by atoms with E-state index < -0.39 is 12.8 Å². The maximum absolute atomic E-state index is 12.2. The van der Waals surface area contributed by atoms with Gasteiger partial charge in [-0.3, -0.25) is 0 Å². The van der Waals surface area contributed by atoms with Crippen molar-refractivity contribution in [1.82, 2.24) is 5.32 Å². The summed E-state index contributed by atoms with van der Waals surface area (Å²) < 4.78 is 54.9. The van der Waals surface area contributed by atoms with Crippen LogP contribution in [0.4, 0.5) is 9.18 Å². The number of benzene rings is 2. The minimum atomic E-state index is -0.478. The first-order chi connectivity index (χ1) is 21.3. The summed E-state index contributed by atoms with van der Waals surface area (Å²) in [7, 11) is 0. The zero-order valence-corrected chi connectivity index (χ0v) is 25.0. The number of alkyl halides is 1. The van der Waals surface area contributed by atoms with E-state index in [0.29, 0.717) is 105 Å². The highest BCUT2D eigenvalue weighted by molar-refractivity contribution is 5.79. The molecule has 2 aromatic rings. The third kappa shape index (κ3) is 14.1. The normalized spacial score (nSPS) is 12.3. The molecule has 240 valence electrons. The monoisotopic (exact) mass is 607 g/mol. The summed E-state index contributed by atoms with van der Waals surface area (Å²) in [5.74, 6) is 0.0515. The van der Waals surface area contributed by atoms with E-state index in [4.69, 9.17) is 37.9 Å². The van der Waals surface area contributed by atoms with Crippen molar-refractivity contribution >= 4 is 6.09 Å². The molecule has 0 unspecified atom stereocenters. The van der Waals surface area contributed by atoms with Gasteiger partial charge in [0.2, 0.25) is 0 Å². The summed E-state index contributed by atoms with van der Waals surface area (Å²) in [6.45, 7) is 6.55. The molecule has 0 saturated heterocycles. The lowest BCUT2D eigenvalue weighted by atomic mass is 9.98. The number of alkyl carbamates (subject to hydrolysis) is 1. The molecule has 43 heavy (non-hydrogen) atoms. The van der Waals surface area contributed by atoms with Gasteiger partial charge >= 0.3 is 6.09 Å². The molecule has 0 fully saturated rings. The first-order valence-corrected chi connectivity index (χ1v) is 15.0. The van der Waals surface area contributed by atoms with Crippen LogP contribution in [0.3, 0.4) is 0 Å². The highest BCUT2D eigenvalue weighted by Crippen LogP contribution is 2.44. The van der Waals surface area contributed by atoms with Crippen LogP contribution in [0.15, 0.2) is 48.5 Å². The first kappa shape index (κ1) is 34.8. The van der Waals surface area contributed by atoms with Crippen molar-refractivity contribution in [1.29, 1.82) is 0 Å². The van der Waals surface area contributed by atoms with Crippen molar-refractivity contribution in [2.24, 2.45) is 0 Å². The van der Waals surface area contributed by atoms with Gasteiger partial charge in [-0.1, -0.05) is 48.5 Å². The third-order valence-corrected chi connectivity index (χ3v) is 6.53. The number of hydrogen-bond acceptors (Lipinski definition) is 9. The lowest BCUT2D eigenvalue weighted by Crippen LogP contribution is -2.27. The number of nitrogens with one attached hydrogen (secondary N) is 1. The molecule has 1 N–H and O–H groups in total. The number of ether oxygens (including phenoxy) is 8. The summed E-state index contributed by atoms with van der Waals surface area (Å²) >= 11 is 0. The van der Waals surface area contributed by atoms with Crippen molar-refractivity contribution in [2.75, 3.05) is 112 Å². The quantitative estimate of drug-likeness (QED) is 0.159. The SMILES string of the molecule is O=C(NCCCOCCOCCOCCOCCOCCOCCOCCF)OCC1c2ccccc2-c2ccccc21. The van der Waals surface area contributed by atoms with E-state index in [-0.39, 0.29) is 12.5 Å². The summed E-state index contributed by atoms with van der Waals surface area (Å²) in [4.78, 5) is 12.2. The molecule has 10 nitrogen and oxygen atoms in total. The Hall–Kier alpha value is -2.64. The Morgan fingerprint density at radius 2 is 0.977 bits per heavy atom. The van der Waals surface area contributed by atoms with Crippen LogP contribution >= 0.6 is 0 Å². The van der Waals surface area contributed by atoms with Crippen LogP contribution in [-0.4, -0.2) is 118 Å². The van der Waals surface area contributed by atoms with Gasteiger partial charge in [0.05, 0.1) is 85.9 Å². The van der Waals surface area contributed by atoms with Crippen LogP contribution in [0.2, 0.25) is 0 Å². The van der Waals surface area contributed by atoms with Crippen molar-refractivity contribution in [3.05, 3.63) is 59.7 Å².